The molecule has 0 N–H and O–H groups in total. The predicted molar refractivity (Wildman–Crippen MR) is 131 cm³/mol. The molecule has 5 heteroatoms. The largest absolute Gasteiger partial charge is 0.497 e. The van der Waals surface area contributed by atoms with Gasteiger partial charge in [-0.2, -0.15) is 0 Å². The molecule has 0 fully saturated rings. The van der Waals surface area contributed by atoms with E-state index in [1.54, 1.807) is 7.11 Å². The average molecular weight is 449 g/mol. The summed E-state index contributed by atoms with van der Waals surface area (Å²) in [7, 11) is -1.07. The Kier molecular flexibility index (Phi) is 8.02. The molecule has 0 unspecified atom stereocenters. The summed E-state index contributed by atoms with van der Waals surface area (Å²) < 4.78 is 17.9. The highest BCUT2D eigenvalue weighted by atomic mass is 28.4. The number of benzene rings is 3. The van der Waals surface area contributed by atoms with E-state index in [0.29, 0.717) is 6.61 Å². The van der Waals surface area contributed by atoms with Crippen molar-refractivity contribution in [1.29, 1.82) is 0 Å². The van der Waals surface area contributed by atoms with Gasteiger partial charge in [0, 0.05) is 0 Å². The van der Waals surface area contributed by atoms with E-state index in [1.807, 2.05) is 60.7 Å². The molecule has 4 nitrogen and oxygen atoms in total. The molecule has 32 heavy (non-hydrogen) atoms. The van der Waals surface area contributed by atoms with Crippen LogP contribution in [0.4, 0.5) is 0 Å². The van der Waals surface area contributed by atoms with Crippen molar-refractivity contribution in [3.8, 4) is 5.75 Å². The summed E-state index contributed by atoms with van der Waals surface area (Å²) in [5.74, 6) is 0.788. The summed E-state index contributed by atoms with van der Waals surface area (Å²) >= 11 is 0. The Morgan fingerprint density at radius 3 is 1.81 bits per heavy atom. The maximum absolute atomic E-state index is 11.9. The van der Waals surface area contributed by atoms with Crippen LogP contribution in [-0.2, 0) is 20.6 Å². The summed E-state index contributed by atoms with van der Waals surface area (Å²) in [4.78, 5) is 11.9. The van der Waals surface area contributed by atoms with Gasteiger partial charge in [0.15, 0.2) is 6.29 Å². The Hall–Kier alpha value is -2.73. The van der Waals surface area contributed by atoms with Gasteiger partial charge in [0.25, 0.3) is 8.32 Å². The highest BCUT2D eigenvalue weighted by molar-refractivity contribution is 6.99. The average Bonchev–Trinajstić information content (AvgIpc) is 2.82. The monoisotopic (exact) mass is 448 g/mol. The van der Waals surface area contributed by atoms with Gasteiger partial charge in [-0.25, -0.2) is 0 Å². The minimum atomic E-state index is -2.70. The molecule has 3 aromatic carbocycles. The van der Waals surface area contributed by atoms with Crippen molar-refractivity contribution in [1.82, 2.24) is 0 Å². The molecule has 0 bridgehead atoms. The SMILES string of the molecule is COc1ccc(CO[C@@H](C=O)CO[Si](c2ccccc2)(c2ccccc2)C(C)(C)C)cc1. The van der Waals surface area contributed by atoms with Crippen LogP contribution in [0, 0.1) is 0 Å². The van der Waals surface area contributed by atoms with Gasteiger partial charge in [0.1, 0.15) is 11.9 Å². The van der Waals surface area contributed by atoms with E-state index >= 15 is 0 Å². The highest BCUT2D eigenvalue weighted by Crippen LogP contribution is 2.36. The maximum Gasteiger partial charge on any atom is 0.261 e. The summed E-state index contributed by atoms with van der Waals surface area (Å²) in [5, 5.41) is 2.20. The molecule has 0 aliphatic rings. The fraction of sp³-hybridized carbons (Fsp3) is 0.296. The third kappa shape index (κ3) is 5.36. The van der Waals surface area contributed by atoms with E-state index in [1.165, 1.54) is 10.4 Å². The number of hydrogen-bond donors (Lipinski definition) is 0. The first kappa shape index (κ1) is 23.9. The molecule has 0 saturated heterocycles. The van der Waals surface area contributed by atoms with Crippen molar-refractivity contribution in [3.05, 3.63) is 90.5 Å². The Balaban J connectivity index is 1.84. The first-order valence-corrected chi connectivity index (χ1v) is 12.8. The lowest BCUT2D eigenvalue weighted by molar-refractivity contribution is -0.120. The number of carbonyl (C=O) groups is 1. The minimum absolute atomic E-state index is 0.154. The van der Waals surface area contributed by atoms with Crippen LogP contribution in [0.3, 0.4) is 0 Å². The Morgan fingerprint density at radius 2 is 1.38 bits per heavy atom. The molecule has 0 saturated carbocycles. The third-order valence-electron chi connectivity index (χ3n) is 5.66. The second-order valence-corrected chi connectivity index (χ2v) is 13.1. The van der Waals surface area contributed by atoms with Gasteiger partial charge in [-0.3, -0.25) is 0 Å². The van der Waals surface area contributed by atoms with Gasteiger partial charge in [-0.15, -0.1) is 0 Å². The van der Waals surface area contributed by atoms with E-state index in [4.69, 9.17) is 13.9 Å². The first-order valence-electron chi connectivity index (χ1n) is 10.9. The molecular weight excluding hydrogens is 416 g/mol. The number of ether oxygens (including phenoxy) is 2. The normalized spacial score (nSPS) is 12.9. The Morgan fingerprint density at radius 1 is 0.844 bits per heavy atom. The van der Waals surface area contributed by atoms with Gasteiger partial charge in [0.05, 0.1) is 20.3 Å². The van der Waals surface area contributed by atoms with Crippen molar-refractivity contribution in [2.45, 2.75) is 38.5 Å². The van der Waals surface area contributed by atoms with Crippen LogP contribution in [0.25, 0.3) is 0 Å². The summed E-state index contributed by atoms with van der Waals surface area (Å²) in [5.41, 5.74) is 0.975. The second kappa shape index (κ2) is 10.7. The minimum Gasteiger partial charge on any atom is -0.497 e. The third-order valence-corrected chi connectivity index (χ3v) is 10.7. The van der Waals surface area contributed by atoms with E-state index in [2.05, 4.69) is 45.0 Å². The molecule has 168 valence electrons. The van der Waals surface area contributed by atoms with Crippen LogP contribution < -0.4 is 15.1 Å². The van der Waals surface area contributed by atoms with Crippen molar-refractivity contribution in [2.24, 2.45) is 0 Å². The second-order valence-electron chi connectivity index (χ2n) is 8.81. The lowest BCUT2D eigenvalue weighted by Crippen LogP contribution is -2.67. The summed E-state index contributed by atoms with van der Waals surface area (Å²) in [6.45, 7) is 7.18. The molecule has 0 amide bonds. The Bertz CT molecular complexity index is 927. The zero-order valence-electron chi connectivity index (χ0n) is 19.3. The van der Waals surface area contributed by atoms with Crippen molar-refractivity contribution in [2.75, 3.05) is 13.7 Å². The van der Waals surface area contributed by atoms with E-state index in [-0.39, 0.29) is 11.6 Å². The van der Waals surface area contributed by atoms with Crippen LogP contribution in [0.2, 0.25) is 5.04 Å². The quantitative estimate of drug-likeness (QED) is 0.342. The standard InChI is InChI=1S/C27H32O4Si/c1-27(2,3)32(25-11-7-5-8-12-25,26-13-9-6-10-14-26)31-21-24(19-28)30-20-22-15-17-23(29-4)18-16-22/h5-19,24H,20-21H2,1-4H3/t24-/m0/s1. The number of carbonyl (C=O) groups excluding carboxylic acids is 1. The van der Waals surface area contributed by atoms with Gasteiger partial charge in [-0.1, -0.05) is 93.6 Å². The molecule has 0 aliphatic carbocycles. The van der Waals surface area contributed by atoms with Crippen LogP contribution in [0.1, 0.15) is 26.3 Å². The van der Waals surface area contributed by atoms with Crippen LogP contribution in [0.15, 0.2) is 84.9 Å². The number of aldehydes is 1. The van der Waals surface area contributed by atoms with Gasteiger partial charge >= 0.3 is 0 Å². The summed E-state index contributed by atoms with van der Waals surface area (Å²) in [6, 6.07) is 28.4. The van der Waals surface area contributed by atoms with E-state index < -0.39 is 14.4 Å². The Labute approximate surface area is 192 Å². The van der Waals surface area contributed by atoms with Gasteiger partial charge in [-0.05, 0) is 33.1 Å². The predicted octanol–water partition coefficient (Wildman–Crippen LogP) is 4.36. The van der Waals surface area contributed by atoms with Gasteiger partial charge in [0.2, 0.25) is 0 Å². The maximum atomic E-state index is 11.9. The fourth-order valence-corrected chi connectivity index (χ4v) is 8.59. The van der Waals surface area contributed by atoms with Crippen LogP contribution >= 0.6 is 0 Å². The van der Waals surface area contributed by atoms with Crippen LogP contribution in [0.5, 0.6) is 5.75 Å². The fourth-order valence-electron chi connectivity index (χ4n) is 4.02. The van der Waals surface area contributed by atoms with Crippen molar-refractivity contribution in [3.63, 3.8) is 0 Å². The molecule has 3 aromatic rings. The lowest BCUT2D eigenvalue weighted by Gasteiger charge is -2.43. The highest BCUT2D eigenvalue weighted by Gasteiger charge is 2.50. The van der Waals surface area contributed by atoms with E-state index in [0.717, 1.165) is 17.6 Å². The molecule has 3 rings (SSSR count). The van der Waals surface area contributed by atoms with Crippen molar-refractivity contribution < 1.29 is 18.7 Å². The molecule has 0 heterocycles. The zero-order chi connectivity index (χ0) is 23.0. The van der Waals surface area contributed by atoms with E-state index in [9.17, 15) is 4.79 Å². The molecular formula is C27H32O4Si. The topological polar surface area (TPSA) is 44.8 Å². The van der Waals surface area contributed by atoms with Crippen LogP contribution in [-0.4, -0.2) is 34.4 Å². The smallest absolute Gasteiger partial charge is 0.261 e. The summed E-state index contributed by atoms with van der Waals surface area (Å²) in [6.07, 6.45) is 0.181. The molecule has 1 atom stereocenters. The zero-order valence-corrected chi connectivity index (χ0v) is 20.3. The molecule has 0 aromatic heterocycles. The molecule has 0 radical (unpaired) electrons. The number of methoxy groups -OCH3 is 1. The van der Waals surface area contributed by atoms with Gasteiger partial charge < -0.3 is 18.7 Å². The molecule has 0 spiro atoms. The van der Waals surface area contributed by atoms with Crippen molar-refractivity contribution >= 4 is 25.0 Å². The number of hydrogen-bond acceptors (Lipinski definition) is 4. The lowest BCUT2D eigenvalue weighted by atomic mass is 10.2. The number of rotatable bonds is 10. The first-order chi connectivity index (χ1) is 15.4. The molecule has 0 aliphatic heterocycles.